The number of para-hydroxylation sites is 5. The Morgan fingerprint density at radius 2 is 0.830 bits per heavy atom. The Labute approximate surface area is 276 Å². The monoisotopic (exact) mass is 624 g/mol. The third kappa shape index (κ3) is 4.76. The van der Waals surface area contributed by atoms with Gasteiger partial charge in [-0.2, -0.15) is 0 Å². The summed E-state index contributed by atoms with van der Waals surface area (Å²) in [4.78, 5) is 4.65. The van der Waals surface area contributed by atoms with Gasteiger partial charge in [0, 0.05) is 44.7 Å². The van der Waals surface area contributed by atoms with Crippen molar-refractivity contribution in [3.8, 4) is 23.0 Å². The predicted octanol–water partition coefficient (Wildman–Crippen LogP) is 12.9. The zero-order valence-corrected chi connectivity index (χ0v) is 26.1. The van der Waals surface area contributed by atoms with Crippen LogP contribution in [0.3, 0.4) is 0 Å². The first-order valence-electron chi connectivity index (χ1n) is 15.6. The standard InChI is InChI=1S/C42H28N2O2S/c1-4-15-29(16-5-1)43(30-17-6-2-7-18-30)35-27-39-40(46-38-25-12-11-24-37(38)45-39)28-36(35)44(31-19-8-3-9-20-31)34-23-14-22-33-32-21-10-13-26-41(32)47-42(33)34/h1-28H. The fraction of sp³-hybridized carbons (Fsp3) is 0. The predicted molar refractivity (Wildman–Crippen MR) is 195 cm³/mol. The van der Waals surface area contributed by atoms with Gasteiger partial charge in [-0.1, -0.05) is 97.1 Å². The largest absolute Gasteiger partial charge is 0.449 e. The van der Waals surface area contributed by atoms with Crippen LogP contribution in [0.2, 0.25) is 0 Å². The van der Waals surface area contributed by atoms with Gasteiger partial charge >= 0.3 is 0 Å². The van der Waals surface area contributed by atoms with Crippen molar-refractivity contribution >= 4 is 65.6 Å². The molecule has 1 aromatic heterocycles. The first kappa shape index (κ1) is 27.3. The Hall–Kier alpha value is -6.04. The molecule has 2 heterocycles. The second-order valence-corrected chi connectivity index (χ2v) is 12.4. The minimum absolute atomic E-state index is 0.660. The highest BCUT2D eigenvalue weighted by atomic mass is 32.1. The lowest BCUT2D eigenvalue weighted by molar-refractivity contribution is 0.360. The number of rotatable bonds is 6. The van der Waals surface area contributed by atoms with E-state index < -0.39 is 0 Å². The summed E-state index contributed by atoms with van der Waals surface area (Å²) in [5.74, 6) is 2.71. The van der Waals surface area contributed by atoms with E-state index in [1.807, 2.05) is 47.7 Å². The number of hydrogen-bond acceptors (Lipinski definition) is 5. The number of fused-ring (bicyclic) bond motifs is 5. The van der Waals surface area contributed by atoms with Gasteiger partial charge in [0.05, 0.1) is 21.8 Å². The average Bonchev–Trinajstić information content (AvgIpc) is 3.52. The lowest BCUT2D eigenvalue weighted by Crippen LogP contribution is -2.17. The van der Waals surface area contributed by atoms with Crippen LogP contribution in [0.15, 0.2) is 170 Å². The van der Waals surface area contributed by atoms with E-state index in [4.69, 9.17) is 9.47 Å². The van der Waals surface area contributed by atoms with Crippen molar-refractivity contribution in [1.29, 1.82) is 0 Å². The van der Waals surface area contributed by atoms with Crippen LogP contribution >= 0.6 is 11.3 Å². The first-order valence-corrected chi connectivity index (χ1v) is 16.4. The van der Waals surface area contributed by atoms with Gasteiger partial charge in [-0.25, -0.2) is 0 Å². The van der Waals surface area contributed by atoms with Gasteiger partial charge in [-0.3, -0.25) is 0 Å². The smallest absolute Gasteiger partial charge is 0.172 e. The highest BCUT2D eigenvalue weighted by molar-refractivity contribution is 7.26. The molecule has 0 spiro atoms. The van der Waals surface area contributed by atoms with Crippen molar-refractivity contribution in [3.63, 3.8) is 0 Å². The maximum Gasteiger partial charge on any atom is 0.172 e. The molecule has 0 radical (unpaired) electrons. The zero-order chi connectivity index (χ0) is 31.2. The van der Waals surface area contributed by atoms with Gasteiger partial charge in [0.15, 0.2) is 23.0 Å². The molecule has 0 unspecified atom stereocenters. The molecule has 0 N–H and O–H groups in total. The summed E-state index contributed by atoms with van der Waals surface area (Å²) in [7, 11) is 0. The highest BCUT2D eigenvalue weighted by Crippen LogP contribution is 2.55. The SMILES string of the molecule is c1ccc(N(c2ccccc2)c2cc3c(cc2N(c2ccccc2)c2cccc4c2sc2ccccc24)Oc2ccccc2O3)cc1. The number of anilines is 6. The molecule has 4 nitrogen and oxygen atoms in total. The van der Waals surface area contributed by atoms with Crippen LogP contribution in [-0.2, 0) is 0 Å². The Kier molecular flexibility index (Phi) is 6.61. The van der Waals surface area contributed by atoms with Crippen molar-refractivity contribution in [2.45, 2.75) is 0 Å². The quantitative estimate of drug-likeness (QED) is 0.184. The van der Waals surface area contributed by atoms with Gasteiger partial charge in [0.1, 0.15) is 0 Å². The van der Waals surface area contributed by atoms with E-state index in [-0.39, 0.29) is 0 Å². The van der Waals surface area contributed by atoms with E-state index in [2.05, 4.69) is 143 Å². The van der Waals surface area contributed by atoms with E-state index >= 15 is 0 Å². The van der Waals surface area contributed by atoms with Crippen molar-refractivity contribution in [2.75, 3.05) is 9.80 Å². The molecule has 8 aromatic rings. The lowest BCUT2D eigenvalue weighted by atomic mass is 10.1. The summed E-state index contributed by atoms with van der Waals surface area (Å²) >= 11 is 1.82. The number of ether oxygens (including phenoxy) is 2. The Morgan fingerprint density at radius 1 is 0.362 bits per heavy atom. The Morgan fingerprint density at radius 3 is 1.43 bits per heavy atom. The minimum atomic E-state index is 0.660. The molecule has 0 aliphatic carbocycles. The fourth-order valence-electron chi connectivity index (χ4n) is 6.39. The zero-order valence-electron chi connectivity index (χ0n) is 25.3. The van der Waals surface area contributed by atoms with Crippen LogP contribution in [0.5, 0.6) is 23.0 Å². The molecule has 0 amide bonds. The molecular formula is C42H28N2O2S. The second-order valence-electron chi connectivity index (χ2n) is 11.4. The molecule has 224 valence electrons. The summed E-state index contributed by atoms with van der Waals surface area (Å²) in [5, 5.41) is 2.50. The molecule has 5 heteroatoms. The van der Waals surface area contributed by atoms with E-state index in [0.29, 0.717) is 23.0 Å². The minimum Gasteiger partial charge on any atom is -0.449 e. The van der Waals surface area contributed by atoms with Crippen LogP contribution in [0.1, 0.15) is 0 Å². The van der Waals surface area contributed by atoms with Gasteiger partial charge in [0.2, 0.25) is 0 Å². The maximum atomic E-state index is 6.55. The van der Waals surface area contributed by atoms with Gasteiger partial charge < -0.3 is 19.3 Å². The van der Waals surface area contributed by atoms with Gasteiger partial charge in [-0.15, -0.1) is 11.3 Å². The lowest BCUT2D eigenvalue weighted by Gasteiger charge is -2.34. The van der Waals surface area contributed by atoms with Crippen molar-refractivity contribution in [1.82, 2.24) is 0 Å². The third-order valence-corrected chi connectivity index (χ3v) is 9.69. The summed E-state index contributed by atoms with van der Waals surface area (Å²) in [6.45, 7) is 0. The highest BCUT2D eigenvalue weighted by Gasteiger charge is 2.29. The van der Waals surface area contributed by atoms with Crippen molar-refractivity contribution in [2.24, 2.45) is 0 Å². The fourth-order valence-corrected chi connectivity index (χ4v) is 7.59. The topological polar surface area (TPSA) is 24.9 Å². The molecule has 1 aliphatic rings. The van der Waals surface area contributed by atoms with Crippen LogP contribution in [0.25, 0.3) is 20.2 Å². The summed E-state index contributed by atoms with van der Waals surface area (Å²) in [5.41, 5.74) is 6.10. The Bertz CT molecular complexity index is 2330. The average molecular weight is 625 g/mol. The van der Waals surface area contributed by atoms with Gasteiger partial charge in [-0.05, 0) is 60.7 Å². The van der Waals surface area contributed by atoms with E-state index in [9.17, 15) is 0 Å². The molecule has 1 aliphatic heterocycles. The molecule has 0 saturated heterocycles. The third-order valence-electron chi connectivity index (χ3n) is 8.48. The normalized spacial score (nSPS) is 11.7. The van der Waals surface area contributed by atoms with E-state index in [1.54, 1.807) is 0 Å². The first-order chi connectivity index (χ1) is 23.3. The van der Waals surface area contributed by atoms with E-state index in [1.165, 1.54) is 20.2 Å². The van der Waals surface area contributed by atoms with Crippen LogP contribution in [0.4, 0.5) is 34.1 Å². The summed E-state index contributed by atoms with van der Waals surface area (Å²) < 4.78 is 15.6. The molecule has 9 rings (SSSR count). The van der Waals surface area contributed by atoms with Gasteiger partial charge in [0.25, 0.3) is 0 Å². The number of benzene rings is 7. The molecule has 0 atom stereocenters. The molecule has 0 saturated carbocycles. The molecule has 47 heavy (non-hydrogen) atoms. The molecule has 0 bridgehead atoms. The van der Waals surface area contributed by atoms with Crippen molar-refractivity contribution < 1.29 is 9.47 Å². The molecule has 7 aromatic carbocycles. The summed E-state index contributed by atoms with van der Waals surface area (Å²) in [6.07, 6.45) is 0. The van der Waals surface area contributed by atoms with Crippen LogP contribution < -0.4 is 19.3 Å². The van der Waals surface area contributed by atoms with Crippen LogP contribution in [-0.4, -0.2) is 0 Å². The number of nitrogens with zero attached hydrogens (tertiary/aromatic N) is 2. The molecular weight excluding hydrogens is 597 g/mol. The number of thiophene rings is 1. The number of hydrogen-bond donors (Lipinski definition) is 0. The molecule has 0 fully saturated rings. The Balaban J connectivity index is 1.36. The summed E-state index contributed by atoms with van der Waals surface area (Å²) in [6, 6.07) is 58.8. The van der Waals surface area contributed by atoms with E-state index in [0.717, 1.165) is 34.1 Å². The van der Waals surface area contributed by atoms with Crippen molar-refractivity contribution in [3.05, 3.63) is 170 Å². The second kappa shape index (κ2) is 11.4. The maximum absolute atomic E-state index is 6.55. The van der Waals surface area contributed by atoms with Crippen LogP contribution in [0, 0.1) is 0 Å².